The standard InChI is InChI=1S/C45H72.C9H18.2C2H6/c1-9-12-14-15-16-17-18-19-20-21-23-39-31-42(32-39)44-30-38(8)43(33-45(44)40-25-22-26-40)37(7)29-41(24-13-10-2)36(6)28-27-35(5)34(4)11-3;1-2-3-6-9-7-4-5-8-9;2*1-2/h24,27-30,33-34,39-40,42H,9-23,25-26,31-32H2,1-8H3;9H,2-8H2,1H3;2*1-2H3/b35-27-,36-28+,37-29-,41-24-;;;. The highest BCUT2D eigenvalue weighted by atomic mass is 14.4. The molecule has 0 N–H and O–H groups in total. The summed E-state index contributed by atoms with van der Waals surface area (Å²) in [5.41, 5.74) is 12.0. The number of hydrogen-bond acceptors (Lipinski definition) is 0. The van der Waals surface area contributed by atoms with Crippen molar-refractivity contribution >= 4 is 5.57 Å². The van der Waals surface area contributed by atoms with E-state index in [4.69, 9.17) is 0 Å². The van der Waals surface area contributed by atoms with Gasteiger partial charge in [0.15, 0.2) is 0 Å². The SMILES string of the molecule is CC.CC.CCC/C=C(/C=C(/C)c1cc(C2CCC2)c(C2CC(CCCCCCCCCCCC)C2)cc1C)C(\C)=C\C=C(\C)C(C)CC.CCCCC1CCCC1. The summed E-state index contributed by atoms with van der Waals surface area (Å²) in [6.45, 7) is 28.8. The van der Waals surface area contributed by atoms with Gasteiger partial charge in [-0.2, -0.15) is 0 Å². The van der Waals surface area contributed by atoms with E-state index in [2.05, 4.69) is 98.8 Å². The molecule has 0 spiro atoms. The number of rotatable bonds is 24. The average molecular weight is 799 g/mol. The van der Waals surface area contributed by atoms with Crippen LogP contribution in [0.4, 0.5) is 0 Å². The van der Waals surface area contributed by atoms with Gasteiger partial charge in [0.2, 0.25) is 0 Å². The molecule has 3 aliphatic carbocycles. The van der Waals surface area contributed by atoms with Gasteiger partial charge in [-0.3, -0.25) is 0 Å². The lowest BCUT2D eigenvalue weighted by atomic mass is 9.65. The average Bonchev–Trinajstić information content (AvgIpc) is 3.74. The van der Waals surface area contributed by atoms with Gasteiger partial charge < -0.3 is 0 Å². The first kappa shape index (κ1) is 54.2. The fourth-order valence-electron chi connectivity index (χ4n) is 9.32. The van der Waals surface area contributed by atoms with Crippen LogP contribution >= 0.6 is 0 Å². The molecule has 1 unspecified atom stereocenters. The molecule has 0 saturated heterocycles. The second kappa shape index (κ2) is 33.8. The minimum absolute atomic E-state index is 0.645. The van der Waals surface area contributed by atoms with Crippen molar-refractivity contribution < 1.29 is 0 Å². The first-order valence-corrected chi connectivity index (χ1v) is 26.1. The minimum atomic E-state index is 0.645. The number of hydrogen-bond donors (Lipinski definition) is 0. The number of unbranched alkanes of at least 4 members (excludes halogenated alkanes) is 11. The van der Waals surface area contributed by atoms with Crippen molar-refractivity contribution in [2.24, 2.45) is 17.8 Å². The van der Waals surface area contributed by atoms with Crippen molar-refractivity contribution in [1.29, 1.82) is 0 Å². The van der Waals surface area contributed by atoms with Crippen LogP contribution in [0, 0.1) is 24.7 Å². The fourth-order valence-corrected chi connectivity index (χ4v) is 9.32. The summed E-state index contributed by atoms with van der Waals surface area (Å²) in [7, 11) is 0. The lowest BCUT2D eigenvalue weighted by molar-refractivity contribution is 0.238. The maximum Gasteiger partial charge on any atom is -0.0154 e. The predicted octanol–water partition coefficient (Wildman–Crippen LogP) is 20.6. The van der Waals surface area contributed by atoms with Gasteiger partial charge in [0.05, 0.1) is 0 Å². The van der Waals surface area contributed by atoms with Gasteiger partial charge in [-0.25, -0.2) is 0 Å². The van der Waals surface area contributed by atoms with Crippen LogP contribution in [-0.4, -0.2) is 0 Å². The van der Waals surface area contributed by atoms with Crippen molar-refractivity contribution in [1.82, 2.24) is 0 Å². The molecular formula is C58H102. The highest BCUT2D eigenvalue weighted by Gasteiger charge is 2.34. The normalized spacial score (nSPS) is 19.5. The monoisotopic (exact) mass is 799 g/mol. The van der Waals surface area contributed by atoms with Gasteiger partial charge in [-0.05, 0) is 135 Å². The van der Waals surface area contributed by atoms with Gasteiger partial charge in [-0.15, -0.1) is 0 Å². The molecule has 334 valence electrons. The largest absolute Gasteiger partial charge is 0.0770 e. The summed E-state index contributed by atoms with van der Waals surface area (Å²) in [6.07, 6.45) is 46.6. The van der Waals surface area contributed by atoms with Crippen LogP contribution in [0.2, 0.25) is 0 Å². The molecule has 0 nitrogen and oxygen atoms in total. The quantitative estimate of drug-likeness (QED) is 0.0722. The van der Waals surface area contributed by atoms with E-state index in [1.54, 1.807) is 11.1 Å². The zero-order valence-electron chi connectivity index (χ0n) is 41.7. The van der Waals surface area contributed by atoms with E-state index in [1.165, 1.54) is 194 Å². The van der Waals surface area contributed by atoms with Crippen molar-refractivity contribution in [3.05, 3.63) is 75.4 Å². The Labute approximate surface area is 366 Å². The topological polar surface area (TPSA) is 0 Å². The number of benzene rings is 1. The van der Waals surface area contributed by atoms with Crippen molar-refractivity contribution in [2.45, 2.75) is 269 Å². The van der Waals surface area contributed by atoms with E-state index >= 15 is 0 Å². The summed E-state index contributed by atoms with van der Waals surface area (Å²) in [4.78, 5) is 0. The van der Waals surface area contributed by atoms with Gasteiger partial charge in [0, 0.05) is 0 Å². The molecule has 0 heterocycles. The van der Waals surface area contributed by atoms with Gasteiger partial charge >= 0.3 is 0 Å². The zero-order chi connectivity index (χ0) is 43.1. The van der Waals surface area contributed by atoms with Crippen LogP contribution in [-0.2, 0) is 0 Å². The van der Waals surface area contributed by atoms with Gasteiger partial charge in [0.1, 0.15) is 0 Å². The van der Waals surface area contributed by atoms with Crippen molar-refractivity contribution in [2.75, 3.05) is 0 Å². The second-order valence-electron chi connectivity index (χ2n) is 18.6. The fraction of sp³-hybridized carbons (Fsp3) is 0.759. The lowest BCUT2D eigenvalue weighted by Gasteiger charge is -2.40. The highest BCUT2D eigenvalue weighted by Crippen LogP contribution is 2.50. The van der Waals surface area contributed by atoms with Crippen molar-refractivity contribution in [3.63, 3.8) is 0 Å². The molecule has 1 atom stereocenters. The molecule has 3 fully saturated rings. The van der Waals surface area contributed by atoms with E-state index in [0.29, 0.717) is 5.92 Å². The van der Waals surface area contributed by atoms with E-state index in [9.17, 15) is 0 Å². The Morgan fingerprint density at radius 1 is 0.621 bits per heavy atom. The highest BCUT2D eigenvalue weighted by molar-refractivity contribution is 5.72. The third-order valence-corrected chi connectivity index (χ3v) is 13.9. The third kappa shape index (κ3) is 20.6. The molecular weight excluding hydrogens is 697 g/mol. The molecule has 0 aromatic heterocycles. The summed E-state index contributed by atoms with van der Waals surface area (Å²) in [5, 5.41) is 0. The Hall–Kier alpha value is -1.82. The Morgan fingerprint density at radius 2 is 1.17 bits per heavy atom. The second-order valence-corrected chi connectivity index (χ2v) is 18.6. The molecule has 3 aliphatic rings. The summed E-state index contributed by atoms with van der Waals surface area (Å²) in [5.74, 6) is 4.32. The first-order valence-electron chi connectivity index (χ1n) is 26.1. The van der Waals surface area contributed by atoms with Crippen molar-refractivity contribution in [3.8, 4) is 0 Å². The molecule has 1 aromatic rings. The van der Waals surface area contributed by atoms with Crippen LogP contribution in [0.1, 0.15) is 284 Å². The van der Waals surface area contributed by atoms with E-state index < -0.39 is 0 Å². The molecule has 0 heteroatoms. The van der Waals surface area contributed by atoms with Crippen LogP contribution in [0.25, 0.3) is 5.57 Å². The van der Waals surface area contributed by atoms with Crippen LogP contribution in [0.15, 0.2) is 53.2 Å². The van der Waals surface area contributed by atoms with E-state index in [-0.39, 0.29) is 0 Å². The maximum absolute atomic E-state index is 2.64. The molecule has 0 bridgehead atoms. The number of allylic oxidation sites excluding steroid dienone is 8. The molecule has 0 amide bonds. The molecule has 58 heavy (non-hydrogen) atoms. The van der Waals surface area contributed by atoms with E-state index in [0.717, 1.165) is 30.1 Å². The third-order valence-electron chi connectivity index (χ3n) is 13.9. The molecule has 0 radical (unpaired) electrons. The smallest absolute Gasteiger partial charge is 0.0154 e. The first-order chi connectivity index (χ1) is 28.2. The van der Waals surface area contributed by atoms with Gasteiger partial charge in [-0.1, -0.05) is 233 Å². The summed E-state index contributed by atoms with van der Waals surface area (Å²) in [6, 6.07) is 5.26. The summed E-state index contributed by atoms with van der Waals surface area (Å²) < 4.78 is 0. The lowest BCUT2D eigenvalue weighted by Crippen LogP contribution is -2.24. The van der Waals surface area contributed by atoms with Crippen LogP contribution in [0.3, 0.4) is 0 Å². The maximum atomic E-state index is 2.64. The molecule has 1 aromatic carbocycles. The van der Waals surface area contributed by atoms with Gasteiger partial charge in [0.25, 0.3) is 0 Å². The molecule has 0 aliphatic heterocycles. The number of aryl methyl sites for hydroxylation is 1. The molecule has 3 saturated carbocycles. The Morgan fingerprint density at radius 3 is 1.71 bits per heavy atom. The Balaban J connectivity index is 0.00000111. The molecule has 4 rings (SSSR count). The Kier molecular flexibility index (Phi) is 31.6. The van der Waals surface area contributed by atoms with E-state index in [1.807, 2.05) is 27.7 Å². The minimum Gasteiger partial charge on any atom is -0.0770 e. The Bertz CT molecular complexity index is 1280. The summed E-state index contributed by atoms with van der Waals surface area (Å²) >= 11 is 0. The van der Waals surface area contributed by atoms with Crippen LogP contribution in [0.5, 0.6) is 0 Å². The zero-order valence-corrected chi connectivity index (χ0v) is 41.7. The van der Waals surface area contributed by atoms with Crippen LogP contribution < -0.4 is 0 Å². The predicted molar refractivity (Wildman–Crippen MR) is 267 cm³/mol.